The largest absolute Gasteiger partial charge is 0.497 e. The van der Waals surface area contributed by atoms with Crippen molar-refractivity contribution < 1.29 is 19.4 Å². The maximum Gasteiger partial charge on any atom is 0.127 e. The van der Waals surface area contributed by atoms with Crippen molar-refractivity contribution in [3.63, 3.8) is 0 Å². The summed E-state index contributed by atoms with van der Waals surface area (Å²) in [5.74, 6) is 0.957. The van der Waals surface area contributed by atoms with Gasteiger partial charge in [0, 0.05) is 18.4 Å². The Morgan fingerprint density at radius 3 is 2.18 bits per heavy atom. The van der Waals surface area contributed by atoms with Crippen LogP contribution in [0.15, 0.2) is 24.3 Å². The number of hydrogen-bond donors (Lipinski definition) is 3. The first-order valence-electron chi connectivity index (χ1n) is 8.87. The summed E-state index contributed by atoms with van der Waals surface area (Å²) in [5.41, 5.74) is 1.43. The number of hydrogen-bond acceptors (Lipinski definition) is 1. The third kappa shape index (κ3) is 4.00. The van der Waals surface area contributed by atoms with Crippen molar-refractivity contribution >= 4 is 0 Å². The average Bonchev–Trinajstić information content (AvgIpc) is 2.57. The summed E-state index contributed by atoms with van der Waals surface area (Å²) in [7, 11) is 4.06. The van der Waals surface area contributed by atoms with Crippen LogP contribution in [0.4, 0.5) is 0 Å². The van der Waals surface area contributed by atoms with Crippen molar-refractivity contribution in [2.24, 2.45) is 0 Å². The summed E-state index contributed by atoms with van der Waals surface area (Å²) in [6, 6.07) is 9.52. The van der Waals surface area contributed by atoms with Crippen molar-refractivity contribution in [1.82, 2.24) is 0 Å². The molecule has 3 rings (SSSR count). The van der Waals surface area contributed by atoms with Crippen molar-refractivity contribution in [1.29, 1.82) is 0 Å². The summed E-state index contributed by atoms with van der Waals surface area (Å²) in [4.78, 5) is 5.35. The number of likely N-dealkylation sites (tertiary alicyclic amines) is 1. The molecule has 1 aromatic carbocycles. The number of likely N-dealkylation sites (N-methyl/N-ethyl adjacent to an activating group) is 1. The van der Waals surface area contributed by atoms with Gasteiger partial charge in [0.25, 0.3) is 0 Å². The fraction of sp³-hybridized carbons (Fsp3) is 0.667. The van der Waals surface area contributed by atoms with E-state index in [-0.39, 0.29) is 0 Å². The highest BCUT2D eigenvalue weighted by Gasteiger charge is 2.32. The molecular formula is C18H32N3O+3. The van der Waals surface area contributed by atoms with Gasteiger partial charge in [0.05, 0.1) is 33.3 Å². The fourth-order valence-electron chi connectivity index (χ4n) is 4.05. The zero-order chi connectivity index (χ0) is 15.4. The van der Waals surface area contributed by atoms with Crippen LogP contribution in [-0.4, -0.2) is 59.5 Å². The molecule has 0 unspecified atom stereocenters. The molecule has 22 heavy (non-hydrogen) atoms. The number of nitrogens with one attached hydrogen (secondary N) is 3. The van der Waals surface area contributed by atoms with Crippen LogP contribution in [0.25, 0.3) is 0 Å². The predicted octanol–water partition coefficient (Wildman–Crippen LogP) is -2.34. The monoisotopic (exact) mass is 306 g/mol. The Bertz CT molecular complexity index is 446. The number of ether oxygens (including phenoxy) is 1. The average molecular weight is 306 g/mol. The van der Waals surface area contributed by atoms with E-state index in [4.69, 9.17) is 4.74 Å². The van der Waals surface area contributed by atoms with Crippen LogP contribution in [-0.2, 0) is 6.54 Å². The van der Waals surface area contributed by atoms with Crippen LogP contribution in [0.1, 0.15) is 18.4 Å². The lowest BCUT2D eigenvalue weighted by Gasteiger charge is -2.37. The summed E-state index contributed by atoms with van der Waals surface area (Å²) >= 11 is 0. The highest BCUT2D eigenvalue weighted by atomic mass is 16.5. The summed E-state index contributed by atoms with van der Waals surface area (Å²) in [6.07, 6.45) is 2.81. The molecule has 0 atom stereocenters. The van der Waals surface area contributed by atoms with Crippen molar-refractivity contribution in [3.8, 4) is 5.75 Å². The maximum atomic E-state index is 5.24. The number of piperidine rings is 1. The molecule has 2 fully saturated rings. The minimum Gasteiger partial charge on any atom is -0.497 e. The summed E-state index contributed by atoms with van der Waals surface area (Å²) < 4.78 is 5.24. The molecular weight excluding hydrogens is 274 g/mol. The molecule has 0 radical (unpaired) electrons. The molecule has 0 amide bonds. The molecule has 0 spiro atoms. The molecule has 2 aliphatic rings. The second kappa shape index (κ2) is 7.44. The SMILES string of the molecule is COc1ccc(C[NH+]2CCC([NH+]3CC[NH+](C)CC3)CC2)cc1. The van der Waals surface area contributed by atoms with Gasteiger partial charge in [0.15, 0.2) is 0 Å². The molecule has 2 aliphatic heterocycles. The van der Waals surface area contributed by atoms with Gasteiger partial charge in [-0.05, 0) is 24.3 Å². The predicted molar refractivity (Wildman–Crippen MR) is 87.7 cm³/mol. The van der Waals surface area contributed by atoms with Gasteiger partial charge in [0.1, 0.15) is 38.5 Å². The molecule has 122 valence electrons. The first-order valence-corrected chi connectivity index (χ1v) is 8.87. The molecule has 3 N–H and O–H groups in total. The van der Waals surface area contributed by atoms with Crippen LogP contribution in [0.2, 0.25) is 0 Å². The smallest absolute Gasteiger partial charge is 0.127 e. The normalized spacial score (nSPS) is 32.6. The Balaban J connectivity index is 1.45. The van der Waals surface area contributed by atoms with Crippen LogP contribution in [0.5, 0.6) is 5.75 Å². The van der Waals surface area contributed by atoms with Gasteiger partial charge in [-0.25, -0.2) is 0 Å². The Morgan fingerprint density at radius 1 is 0.955 bits per heavy atom. The number of benzene rings is 1. The first kappa shape index (κ1) is 15.8. The van der Waals surface area contributed by atoms with Gasteiger partial charge in [0.2, 0.25) is 0 Å². The van der Waals surface area contributed by atoms with Crippen LogP contribution in [0, 0.1) is 0 Å². The molecule has 0 saturated carbocycles. The fourth-order valence-corrected chi connectivity index (χ4v) is 4.05. The Hall–Kier alpha value is -1.10. The van der Waals surface area contributed by atoms with Crippen molar-refractivity contribution in [3.05, 3.63) is 29.8 Å². The second-order valence-electron chi connectivity index (χ2n) is 7.16. The Morgan fingerprint density at radius 2 is 1.59 bits per heavy atom. The summed E-state index contributed by atoms with van der Waals surface area (Å²) in [6.45, 7) is 9.31. The van der Waals surface area contributed by atoms with E-state index in [0.29, 0.717) is 0 Å². The van der Waals surface area contributed by atoms with Crippen molar-refractivity contribution in [2.45, 2.75) is 25.4 Å². The number of quaternary nitrogens is 3. The lowest BCUT2D eigenvalue weighted by Crippen LogP contribution is -3.29. The van der Waals surface area contributed by atoms with E-state index in [1.54, 1.807) is 16.9 Å². The lowest BCUT2D eigenvalue weighted by atomic mass is 10.0. The van der Waals surface area contributed by atoms with E-state index >= 15 is 0 Å². The van der Waals surface area contributed by atoms with E-state index in [9.17, 15) is 0 Å². The quantitative estimate of drug-likeness (QED) is 0.570. The zero-order valence-corrected chi connectivity index (χ0v) is 14.2. The minimum absolute atomic E-state index is 0.924. The lowest BCUT2D eigenvalue weighted by molar-refractivity contribution is -1.02. The molecule has 2 saturated heterocycles. The highest BCUT2D eigenvalue weighted by Crippen LogP contribution is 2.10. The molecule has 4 heteroatoms. The molecule has 1 aromatic rings. The number of methoxy groups -OCH3 is 1. The minimum atomic E-state index is 0.924. The van der Waals surface area contributed by atoms with Gasteiger partial charge in [-0.1, -0.05) is 0 Å². The third-order valence-electron chi connectivity index (χ3n) is 5.63. The van der Waals surface area contributed by atoms with E-state index in [0.717, 1.165) is 11.8 Å². The van der Waals surface area contributed by atoms with Gasteiger partial charge in [-0.2, -0.15) is 0 Å². The molecule has 0 aromatic heterocycles. The van der Waals surface area contributed by atoms with Crippen molar-refractivity contribution in [2.75, 3.05) is 53.4 Å². The van der Waals surface area contributed by atoms with Gasteiger partial charge in [-0.3, -0.25) is 0 Å². The van der Waals surface area contributed by atoms with E-state index in [1.165, 1.54) is 64.2 Å². The third-order valence-corrected chi connectivity index (χ3v) is 5.63. The number of piperazine rings is 1. The Labute approximate surface area is 134 Å². The van der Waals surface area contributed by atoms with E-state index in [1.807, 2.05) is 4.90 Å². The standard InChI is InChI=1S/C18H29N3O/c1-19-11-13-21(14-12-19)17-7-9-20(10-8-17)15-16-3-5-18(22-2)6-4-16/h3-6,17H,7-15H2,1-2H3/p+3. The molecule has 4 nitrogen and oxygen atoms in total. The van der Waals surface area contributed by atoms with E-state index in [2.05, 4.69) is 31.3 Å². The van der Waals surface area contributed by atoms with Gasteiger partial charge < -0.3 is 19.4 Å². The van der Waals surface area contributed by atoms with Gasteiger partial charge in [-0.15, -0.1) is 0 Å². The maximum absolute atomic E-state index is 5.24. The topological polar surface area (TPSA) is 22.6 Å². The number of rotatable bonds is 4. The van der Waals surface area contributed by atoms with Crippen LogP contribution < -0.4 is 19.4 Å². The Kier molecular flexibility index (Phi) is 5.34. The van der Waals surface area contributed by atoms with Gasteiger partial charge >= 0.3 is 0 Å². The van der Waals surface area contributed by atoms with Crippen LogP contribution >= 0.6 is 0 Å². The molecule has 2 heterocycles. The highest BCUT2D eigenvalue weighted by molar-refractivity contribution is 5.26. The summed E-state index contributed by atoms with van der Waals surface area (Å²) in [5, 5.41) is 0. The first-order chi connectivity index (χ1) is 10.7. The van der Waals surface area contributed by atoms with Crippen LogP contribution in [0.3, 0.4) is 0 Å². The zero-order valence-electron chi connectivity index (χ0n) is 14.2. The van der Waals surface area contributed by atoms with E-state index < -0.39 is 0 Å². The molecule has 0 aliphatic carbocycles. The second-order valence-corrected chi connectivity index (χ2v) is 7.16. The molecule has 0 bridgehead atoms.